The molecule has 1 rings (SSSR count). The fourth-order valence-electron chi connectivity index (χ4n) is 2.00. The molecule has 0 aromatic heterocycles. The van der Waals surface area contributed by atoms with E-state index < -0.39 is 0 Å². The number of amides is 1. The first-order valence-electron chi connectivity index (χ1n) is 6.04. The van der Waals surface area contributed by atoms with Gasteiger partial charge in [0.1, 0.15) is 0 Å². The second-order valence-corrected chi connectivity index (χ2v) is 5.22. The van der Waals surface area contributed by atoms with E-state index >= 15 is 0 Å². The van der Waals surface area contributed by atoms with E-state index in [1.807, 2.05) is 37.1 Å². The first kappa shape index (κ1) is 14.2. The van der Waals surface area contributed by atoms with Crippen molar-refractivity contribution < 1.29 is 4.79 Å². The van der Waals surface area contributed by atoms with Crippen LogP contribution in [0.3, 0.4) is 0 Å². The summed E-state index contributed by atoms with van der Waals surface area (Å²) < 4.78 is 0.867. The Labute approximate surface area is 112 Å². The summed E-state index contributed by atoms with van der Waals surface area (Å²) in [6, 6.07) is 6.18. The summed E-state index contributed by atoms with van der Waals surface area (Å²) in [7, 11) is 1.88. The van der Waals surface area contributed by atoms with Crippen LogP contribution in [0.4, 0.5) is 0 Å². The van der Waals surface area contributed by atoms with Crippen LogP contribution in [0.25, 0.3) is 0 Å². The van der Waals surface area contributed by atoms with E-state index in [0.717, 1.165) is 28.4 Å². The SMILES string of the molecule is CCC(CC)N(C)C(=O)c1cc(C)ccc1Br. The molecular formula is C14H20BrNO. The third-order valence-electron chi connectivity index (χ3n) is 3.16. The molecule has 0 aliphatic heterocycles. The molecule has 0 atom stereocenters. The zero-order chi connectivity index (χ0) is 13.0. The molecule has 1 amide bonds. The van der Waals surface area contributed by atoms with Gasteiger partial charge in [0.25, 0.3) is 5.91 Å². The van der Waals surface area contributed by atoms with E-state index in [1.165, 1.54) is 0 Å². The lowest BCUT2D eigenvalue weighted by atomic mass is 10.1. The van der Waals surface area contributed by atoms with E-state index in [0.29, 0.717) is 6.04 Å². The third-order valence-corrected chi connectivity index (χ3v) is 3.85. The van der Waals surface area contributed by atoms with Crippen molar-refractivity contribution in [3.63, 3.8) is 0 Å². The van der Waals surface area contributed by atoms with Crippen LogP contribution in [0.1, 0.15) is 42.6 Å². The molecule has 1 aromatic carbocycles. The highest BCUT2D eigenvalue weighted by Gasteiger charge is 2.20. The van der Waals surface area contributed by atoms with Gasteiger partial charge in [0.05, 0.1) is 5.56 Å². The smallest absolute Gasteiger partial charge is 0.254 e. The molecule has 0 aliphatic rings. The predicted molar refractivity (Wildman–Crippen MR) is 75.3 cm³/mol. The second kappa shape index (κ2) is 6.20. The minimum Gasteiger partial charge on any atom is -0.339 e. The number of halogens is 1. The van der Waals surface area contributed by atoms with Crippen LogP contribution in [0.2, 0.25) is 0 Å². The zero-order valence-corrected chi connectivity index (χ0v) is 12.5. The molecule has 0 heterocycles. The largest absolute Gasteiger partial charge is 0.339 e. The maximum atomic E-state index is 12.4. The number of rotatable bonds is 4. The van der Waals surface area contributed by atoms with Gasteiger partial charge in [0.2, 0.25) is 0 Å². The summed E-state index contributed by atoms with van der Waals surface area (Å²) in [5, 5.41) is 0. The van der Waals surface area contributed by atoms with Gasteiger partial charge in [-0.05, 0) is 47.8 Å². The summed E-state index contributed by atoms with van der Waals surface area (Å²) in [6.45, 7) is 6.23. The van der Waals surface area contributed by atoms with Crippen LogP contribution >= 0.6 is 15.9 Å². The van der Waals surface area contributed by atoms with Gasteiger partial charge in [-0.3, -0.25) is 4.79 Å². The molecule has 0 radical (unpaired) electrons. The van der Waals surface area contributed by atoms with Crippen LogP contribution in [0, 0.1) is 6.92 Å². The molecule has 94 valence electrons. The monoisotopic (exact) mass is 297 g/mol. The molecule has 0 spiro atoms. The van der Waals surface area contributed by atoms with Gasteiger partial charge in [0, 0.05) is 17.6 Å². The highest BCUT2D eigenvalue weighted by atomic mass is 79.9. The van der Waals surface area contributed by atoms with Crippen LogP contribution in [-0.4, -0.2) is 23.9 Å². The number of benzene rings is 1. The van der Waals surface area contributed by atoms with Crippen molar-refractivity contribution in [1.82, 2.24) is 4.90 Å². The lowest BCUT2D eigenvalue weighted by molar-refractivity contribution is 0.0722. The Bertz CT molecular complexity index is 399. The Kier molecular flexibility index (Phi) is 5.19. The van der Waals surface area contributed by atoms with E-state index in [-0.39, 0.29) is 5.91 Å². The van der Waals surface area contributed by atoms with Crippen molar-refractivity contribution in [2.75, 3.05) is 7.05 Å². The topological polar surface area (TPSA) is 20.3 Å². The standard InChI is InChI=1S/C14H20BrNO/c1-5-11(6-2)16(4)14(17)12-9-10(3)7-8-13(12)15/h7-9,11H,5-6H2,1-4H3. The second-order valence-electron chi connectivity index (χ2n) is 4.37. The Morgan fingerprint density at radius 2 is 1.94 bits per heavy atom. The Morgan fingerprint density at radius 1 is 1.35 bits per heavy atom. The fraction of sp³-hybridized carbons (Fsp3) is 0.500. The molecule has 0 aliphatic carbocycles. The normalized spacial score (nSPS) is 10.7. The molecule has 0 N–H and O–H groups in total. The van der Waals surface area contributed by atoms with E-state index in [4.69, 9.17) is 0 Å². The average Bonchev–Trinajstić information content (AvgIpc) is 2.32. The molecule has 1 aromatic rings. The van der Waals surface area contributed by atoms with Crippen LogP contribution in [-0.2, 0) is 0 Å². The number of hydrogen-bond acceptors (Lipinski definition) is 1. The van der Waals surface area contributed by atoms with Crippen LogP contribution < -0.4 is 0 Å². The summed E-state index contributed by atoms with van der Waals surface area (Å²) in [6.07, 6.45) is 1.98. The van der Waals surface area contributed by atoms with Crippen molar-refractivity contribution in [2.45, 2.75) is 39.7 Å². The van der Waals surface area contributed by atoms with Gasteiger partial charge < -0.3 is 4.90 Å². The lowest BCUT2D eigenvalue weighted by Crippen LogP contribution is -2.36. The van der Waals surface area contributed by atoms with E-state index in [2.05, 4.69) is 29.8 Å². The summed E-state index contributed by atoms with van der Waals surface area (Å²) >= 11 is 3.44. The van der Waals surface area contributed by atoms with Crippen LogP contribution in [0.5, 0.6) is 0 Å². The highest BCUT2D eigenvalue weighted by Crippen LogP contribution is 2.21. The zero-order valence-electron chi connectivity index (χ0n) is 11.0. The van der Waals surface area contributed by atoms with Gasteiger partial charge in [-0.15, -0.1) is 0 Å². The molecule has 0 bridgehead atoms. The molecule has 2 nitrogen and oxygen atoms in total. The molecule has 0 fully saturated rings. The number of carbonyl (C=O) groups excluding carboxylic acids is 1. The number of aryl methyl sites for hydroxylation is 1. The van der Waals surface area contributed by atoms with E-state index in [9.17, 15) is 4.79 Å². The molecule has 0 saturated heterocycles. The third kappa shape index (κ3) is 3.32. The first-order valence-corrected chi connectivity index (χ1v) is 6.83. The minimum atomic E-state index is 0.0919. The van der Waals surface area contributed by atoms with Gasteiger partial charge in [-0.2, -0.15) is 0 Å². The van der Waals surface area contributed by atoms with Crippen molar-refractivity contribution in [1.29, 1.82) is 0 Å². The molecule has 17 heavy (non-hydrogen) atoms. The summed E-state index contributed by atoms with van der Waals surface area (Å²) in [5.41, 5.74) is 1.86. The summed E-state index contributed by atoms with van der Waals surface area (Å²) in [4.78, 5) is 14.2. The minimum absolute atomic E-state index is 0.0919. The van der Waals surface area contributed by atoms with E-state index in [1.54, 1.807) is 0 Å². The van der Waals surface area contributed by atoms with Crippen molar-refractivity contribution in [3.8, 4) is 0 Å². The van der Waals surface area contributed by atoms with Crippen molar-refractivity contribution in [2.24, 2.45) is 0 Å². The van der Waals surface area contributed by atoms with Crippen molar-refractivity contribution >= 4 is 21.8 Å². The van der Waals surface area contributed by atoms with Gasteiger partial charge in [-0.25, -0.2) is 0 Å². The molecular weight excluding hydrogens is 278 g/mol. The quantitative estimate of drug-likeness (QED) is 0.822. The highest BCUT2D eigenvalue weighted by molar-refractivity contribution is 9.10. The van der Waals surface area contributed by atoms with Crippen LogP contribution in [0.15, 0.2) is 22.7 Å². The average molecular weight is 298 g/mol. The number of hydrogen-bond donors (Lipinski definition) is 0. The maximum absolute atomic E-state index is 12.4. The van der Waals surface area contributed by atoms with Gasteiger partial charge in [-0.1, -0.05) is 25.5 Å². The van der Waals surface area contributed by atoms with Gasteiger partial charge in [0.15, 0.2) is 0 Å². The fourth-order valence-corrected chi connectivity index (χ4v) is 2.41. The Hall–Kier alpha value is -0.830. The Morgan fingerprint density at radius 3 is 2.47 bits per heavy atom. The first-order chi connectivity index (χ1) is 8.01. The number of nitrogens with zero attached hydrogens (tertiary/aromatic N) is 1. The van der Waals surface area contributed by atoms with Crippen molar-refractivity contribution in [3.05, 3.63) is 33.8 Å². The number of carbonyl (C=O) groups is 1. The van der Waals surface area contributed by atoms with Gasteiger partial charge >= 0.3 is 0 Å². The lowest BCUT2D eigenvalue weighted by Gasteiger charge is -2.26. The summed E-state index contributed by atoms with van der Waals surface area (Å²) in [5.74, 6) is 0.0919. The molecule has 3 heteroatoms. The maximum Gasteiger partial charge on any atom is 0.254 e. The Balaban J connectivity index is 2.99. The molecule has 0 unspecified atom stereocenters. The molecule has 0 saturated carbocycles. The predicted octanol–water partition coefficient (Wildman–Crippen LogP) is 4.02.